The monoisotopic (exact) mass is 499 g/mol. The number of amides is 2. The summed E-state index contributed by atoms with van der Waals surface area (Å²) >= 11 is 2.10. The summed E-state index contributed by atoms with van der Waals surface area (Å²) < 4.78 is 0.843. The van der Waals surface area contributed by atoms with Gasteiger partial charge in [-0.25, -0.2) is 0 Å². The van der Waals surface area contributed by atoms with E-state index in [1.165, 1.54) is 5.56 Å². The average Bonchev–Trinajstić information content (AvgIpc) is 2.74. The summed E-state index contributed by atoms with van der Waals surface area (Å²) in [5.74, 6) is -0.540. The lowest BCUT2D eigenvalue weighted by atomic mass is 10.1. The van der Waals surface area contributed by atoms with Crippen molar-refractivity contribution >= 4 is 45.8 Å². The van der Waals surface area contributed by atoms with E-state index >= 15 is 0 Å². The molecule has 1 unspecified atom stereocenters. The van der Waals surface area contributed by atoms with Crippen LogP contribution >= 0.6 is 22.6 Å². The molecule has 1 atom stereocenters. The highest BCUT2D eigenvalue weighted by Crippen LogP contribution is 2.20. The van der Waals surface area contributed by atoms with Gasteiger partial charge in [0.05, 0.1) is 12.1 Å². The molecular weight excluding hydrogens is 477 g/mol. The fourth-order valence-corrected chi connectivity index (χ4v) is 3.46. The van der Waals surface area contributed by atoms with E-state index in [-0.39, 0.29) is 24.4 Å². The highest BCUT2D eigenvalue weighted by Gasteiger charge is 2.11. The largest absolute Gasteiger partial charge is 0.379 e. The highest BCUT2D eigenvalue weighted by molar-refractivity contribution is 14.1. The lowest BCUT2D eigenvalue weighted by Crippen LogP contribution is -2.33. The van der Waals surface area contributed by atoms with Gasteiger partial charge in [0.1, 0.15) is 0 Å². The first-order valence-electron chi connectivity index (χ1n) is 9.27. The van der Waals surface area contributed by atoms with Gasteiger partial charge in [-0.1, -0.05) is 42.5 Å². The third kappa shape index (κ3) is 6.05. The van der Waals surface area contributed by atoms with E-state index in [0.717, 1.165) is 9.26 Å². The number of carbonyl (C=O) groups is 2. The Morgan fingerprint density at radius 3 is 2.17 bits per heavy atom. The molecule has 0 fully saturated rings. The molecule has 0 bridgehead atoms. The Morgan fingerprint density at radius 2 is 1.48 bits per heavy atom. The van der Waals surface area contributed by atoms with Crippen molar-refractivity contribution in [2.75, 3.05) is 17.2 Å². The van der Waals surface area contributed by atoms with Gasteiger partial charge in [0.15, 0.2) is 0 Å². The molecule has 0 spiro atoms. The second-order valence-corrected chi connectivity index (χ2v) is 7.73. The molecule has 0 saturated carbocycles. The van der Waals surface area contributed by atoms with Crippen molar-refractivity contribution in [3.8, 4) is 0 Å². The maximum atomic E-state index is 12.2. The van der Waals surface area contributed by atoms with Crippen molar-refractivity contribution < 1.29 is 9.59 Å². The topological polar surface area (TPSA) is 70.2 Å². The molecule has 0 aliphatic rings. The minimum absolute atomic E-state index is 0.0884. The van der Waals surface area contributed by atoms with Crippen molar-refractivity contribution in [1.29, 1.82) is 0 Å². The SMILES string of the molecule is CC(Nc1ccc(NC(=O)CNC(=O)c2ccccc2I)cc1)c1ccccc1. The molecule has 3 rings (SSSR count). The fraction of sp³-hybridized carbons (Fsp3) is 0.130. The zero-order valence-electron chi connectivity index (χ0n) is 16.0. The fourth-order valence-electron chi connectivity index (χ4n) is 2.83. The van der Waals surface area contributed by atoms with E-state index in [4.69, 9.17) is 0 Å². The van der Waals surface area contributed by atoms with Crippen LogP contribution in [-0.4, -0.2) is 18.4 Å². The van der Waals surface area contributed by atoms with Crippen LogP contribution in [0.5, 0.6) is 0 Å². The lowest BCUT2D eigenvalue weighted by Gasteiger charge is -2.16. The van der Waals surface area contributed by atoms with Gasteiger partial charge in [-0.2, -0.15) is 0 Å². The number of hydrogen-bond acceptors (Lipinski definition) is 3. The zero-order chi connectivity index (χ0) is 20.6. The standard InChI is InChI=1S/C23H22IN3O2/c1-16(17-7-3-2-4-8-17)26-18-11-13-19(14-12-18)27-22(28)15-25-23(29)20-9-5-6-10-21(20)24/h2-14,16,26H,15H2,1H3,(H,25,29)(H,27,28). The molecule has 0 aromatic heterocycles. The third-order valence-electron chi connectivity index (χ3n) is 4.38. The Morgan fingerprint density at radius 1 is 0.862 bits per heavy atom. The van der Waals surface area contributed by atoms with Crippen LogP contribution in [0.1, 0.15) is 28.9 Å². The Labute approximate surface area is 184 Å². The number of carbonyl (C=O) groups excluding carboxylic acids is 2. The smallest absolute Gasteiger partial charge is 0.252 e. The van der Waals surface area contributed by atoms with Gasteiger partial charge < -0.3 is 16.0 Å². The Hall–Kier alpha value is -2.87. The molecule has 2 amide bonds. The molecule has 3 aromatic rings. The molecule has 0 saturated heterocycles. The lowest BCUT2D eigenvalue weighted by molar-refractivity contribution is -0.115. The normalized spacial score (nSPS) is 11.4. The molecule has 148 valence electrons. The van der Waals surface area contributed by atoms with Gasteiger partial charge in [0.25, 0.3) is 5.91 Å². The Balaban J connectivity index is 1.49. The summed E-state index contributed by atoms with van der Waals surface area (Å²) in [6, 6.07) is 25.1. The van der Waals surface area contributed by atoms with Crippen LogP contribution in [0, 0.1) is 3.57 Å². The first-order chi connectivity index (χ1) is 14.0. The van der Waals surface area contributed by atoms with Crippen LogP contribution in [0.25, 0.3) is 0 Å². The van der Waals surface area contributed by atoms with E-state index in [2.05, 4.69) is 57.6 Å². The van der Waals surface area contributed by atoms with Crippen LogP contribution in [0.15, 0.2) is 78.9 Å². The minimum atomic E-state index is -0.275. The van der Waals surface area contributed by atoms with Crippen LogP contribution in [-0.2, 0) is 4.79 Å². The molecule has 29 heavy (non-hydrogen) atoms. The van der Waals surface area contributed by atoms with E-state index in [9.17, 15) is 9.59 Å². The quantitative estimate of drug-likeness (QED) is 0.408. The van der Waals surface area contributed by atoms with E-state index in [0.29, 0.717) is 11.3 Å². The second kappa shape index (κ2) is 10.1. The number of benzene rings is 3. The van der Waals surface area contributed by atoms with E-state index in [1.807, 2.05) is 54.6 Å². The van der Waals surface area contributed by atoms with Crippen LogP contribution < -0.4 is 16.0 Å². The van der Waals surface area contributed by atoms with Gasteiger partial charge in [-0.15, -0.1) is 0 Å². The summed E-state index contributed by atoms with van der Waals surface area (Å²) in [5, 5.41) is 8.87. The molecule has 0 aliphatic carbocycles. The van der Waals surface area contributed by atoms with Crippen molar-refractivity contribution in [2.45, 2.75) is 13.0 Å². The number of halogens is 1. The third-order valence-corrected chi connectivity index (χ3v) is 5.32. The Bertz CT molecular complexity index is 975. The molecule has 0 radical (unpaired) electrons. The predicted octanol–water partition coefficient (Wildman–Crippen LogP) is 4.83. The van der Waals surface area contributed by atoms with Crippen molar-refractivity contribution in [2.24, 2.45) is 0 Å². The number of rotatable bonds is 7. The number of nitrogens with one attached hydrogen (secondary N) is 3. The van der Waals surface area contributed by atoms with Crippen LogP contribution in [0.4, 0.5) is 11.4 Å². The second-order valence-electron chi connectivity index (χ2n) is 6.56. The molecule has 6 heteroatoms. The van der Waals surface area contributed by atoms with Gasteiger partial charge >= 0.3 is 0 Å². The molecule has 0 heterocycles. The minimum Gasteiger partial charge on any atom is -0.379 e. The molecule has 3 aromatic carbocycles. The van der Waals surface area contributed by atoms with Crippen molar-refractivity contribution in [3.63, 3.8) is 0 Å². The number of hydrogen-bond donors (Lipinski definition) is 3. The first kappa shape index (κ1) is 20.9. The summed E-state index contributed by atoms with van der Waals surface area (Å²) in [4.78, 5) is 24.3. The van der Waals surface area contributed by atoms with Gasteiger partial charge in [0.2, 0.25) is 5.91 Å². The van der Waals surface area contributed by atoms with E-state index in [1.54, 1.807) is 12.1 Å². The molecule has 0 aliphatic heterocycles. The van der Waals surface area contributed by atoms with Crippen molar-refractivity contribution in [3.05, 3.63) is 93.6 Å². The van der Waals surface area contributed by atoms with E-state index < -0.39 is 0 Å². The highest BCUT2D eigenvalue weighted by atomic mass is 127. The van der Waals surface area contributed by atoms with Gasteiger partial charge in [-0.3, -0.25) is 9.59 Å². The first-order valence-corrected chi connectivity index (χ1v) is 10.3. The van der Waals surface area contributed by atoms with Crippen LogP contribution in [0.3, 0.4) is 0 Å². The average molecular weight is 499 g/mol. The summed E-state index contributed by atoms with van der Waals surface area (Å²) in [5.41, 5.74) is 3.40. The summed E-state index contributed by atoms with van der Waals surface area (Å²) in [7, 11) is 0. The Kier molecular flexibility index (Phi) is 7.24. The molecule has 3 N–H and O–H groups in total. The maximum Gasteiger partial charge on any atom is 0.252 e. The number of anilines is 2. The summed E-state index contributed by atoms with van der Waals surface area (Å²) in [6.45, 7) is 2.01. The van der Waals surface area contributed by atoms with Gasteiger partial charge in [0, 0.05) is 21.0 Å². The molecule has 5 nitrogen and oxygen atoms in total. The van der Waals surface area contributed by atoms with Crippen molar-refractivity contribution in [1.82, 2.24) is 5.32 Å². The van der Waals surface area contributed by atoms with Crippen LogP contribution in [0.2, 0.25) is 0 Å². The zero-order valence-corrected chi connectivity index (χ0v) is 18.1. The molecular formula is C23H22IN3O2. The van der Waals surface area contributed by atoms with Gasteiger partial charge in [-0.05, 0) is 71.5 Å². The maximum absolute atomic E-state index is 12.2. The summed E-state index contributed by atoms with van der Waals surface area (Å²) in [6.07, 6.45) is 0. The predicted molar refractivity (Wildman–Crippen MR) is 125 cm³/mol.